The maximum atomic E-state index is 14.3. The smallest absolute Gasteiger partial charge is 0.368 e. The normalized spacial score (nSPS) is 20.8. The molecule has 5 rings (SSSR count). The topological polar surface area (TPSA) is 104 Å². The Bertz CT molecular complexity index is 1640. The average molecular weight is 686 g/mol. The average Bonchev–Trinajstić information content (AvgIpc) is 3.50. The van der Waals surface area contributed by atoms with Gasteiger partial charge in [0.25, 0.3) is 0 Å². The Morgan fingerprint density at radius 2 is 1.56 bits per heavy atom. The molecule has 1 saturated carbocycles. The molecule has 0 bridgehead atoms. The van der Waals surface area contributed by atoms with Gasteiger partial charge in [-0.05, 0) is 80.3 Å². The van der Waals surface area contributed by atoms with Crippen LogP contribution in [-0.2, 0) is 30.2 Å². The molecule has 2 aliphatic rings. The van der Waals surface area contributed by atoms with E-state index < -0.39 is 41.7 Å². The second-order valence-electron chi connectivity index (χ2n) is 12.4. The number of nitrogens with zero attached hydrogens (tertiary/aromatic N) is 5. The second-order valence-corrected chi connectivity index (χ2v) is 12.4. The number of rotatable bonds is 8. The lowest BCUT2D eigenvalue weighted by atomic mass is 9.78. The lowest BCUT2D eigenvalue weighted by Crippen LogP contribution is -2.41. The summed E-state index contributed by atoms with van der Waals surface area (Å²) in [6.45, 7) is -0.227. The van der Waals surface area contributed by atoms with Gasteiger partial charge in [-0.15, -0.1) is 5.10 Å². The highest BCUT2D eigenvalue weighted by molar-refractivity contribution is 5.83. The molecule has 1 aliphatic carbocycles. The molecule has 0 radical (unpaired) electrons. The van der Waals surface area contributed by atoms with E-state index in [9.17, 15) is 39.9 Å². The number of nitrogens with two attached hydrogens (primary N) is 2. The minimum absolute atomic E-state index is 0.000882. The minimum atomic E-state index is -5.07. The molecule has 0 amide bonds. The van der Waals surface area contributed by atoms with Gasteiger partial charge in [-0.2, -0.15) is 26.3 Å². The van der Waals surface area contributed by atoms with Gasteiger partial charge in [-0.3, -0.25) is 0 Å². The van der Waals surface area contributed by atoms with Crippen molar-refractivity contribution in [2.75, 3.05) is 18.5 Å². The van der Waals surface area contributed by atoms with E-state index >= 15 is 0 Å². The van der Waals surface area contributed by atoms with Crippen LogP contribution in [0.4, 0.5) is 40.9 Å². The molecule has 1 saturated heterocycles. The molecule has 1 aromatic heterocycles. The standard InChI is InChI=1S/C32H35F8N7O/c1-45(42)44-30(41)46(15-19-9-23(31(35,36)37)13-24(10-19)32(38,39)40)16-22-11-21-12-25(33)26(34)14-27(21)43-29(22)47-8-2-3-28(47)20-6-4-18(17-48)5-7-20/h9-14,17-18,20,28H,2-8,15-16,42H2,1H3,(H2,41,44)/t18?,20?,28-/m1/s1. The lowest BCUT2D eigenvalue weighted by Gasteiger charge is -2.37. The molecule has 1 aliphatic heterocycles. The van der Waals surface area contributed by atoms with E-state index in [-0.39, 0.29) is 52.9 Å². The maximum Gasteiger partial charge on any atom is 0.416 e. The number of fused-ring (bicyclic) bond motifs is 1. The highest BCUT2D eigenvalue weighted by Crippen LogP contribution is 2.40. The van der Waals surface area contributed by atoms with Crippen molar-refractivity contribution in [1.29, 1.82) is 0 Å². The van der Waals surface area contributed by atoms with E-state index in [1.54, 1.807) is 6.07 Å². The van der Waals surface area contributed by atoms with Gasteiger partial charge >= 0.3 is 12.4 Å². The predicted octanol–water partition coefficient (Wildman–Crippen LogP) is 6.56. The van der Waals surface area contributed by atoms with Crippen molar-refractivity contribution in [3.63, 3.8) is 0 Å². The molecule has 0 unspecified atom stereocenters. The number of halogens is 8. The fourth-order valence-corrected chi connectivity index (χ4v) is 6.76. The molecule has 2 heterocycles. The third kappa shape index (κ3) is 7.90. The summed E-state index contributed by atoms with van der Waals surface area (Å²) in [6.07, 6.45) is -4.46. The van der Waals surface area contributed by atoms with Crippen molar-refractivity contribution >= 4 is 29.0 Å². The van der Waals surface area contributed by atoms with Crippen LogP contribution < -0.4 is 16.5 Å². The summed E-state index contributed by atoms with van der Waals surface area (Å²) in [4.78, 5) is 19.4. The number of hydrazine groups is 1. The first-order valence-corrected chi connectivity index (χ1v) is 15.4. The number of carbonyl (C=O) groups is 1. The number of anilines is 1. The van der Waals surface area contributed by atoms with Crippen molar-refractivity contribution < 1.29 is 39.9 Å². The third-order valence-electron chi connectivity index (χ3n) is 9.00. The molecule has 2 fully saturated rings. The number of hydrogen-bond acceptors (Lipinski definition) is 6. The van der Waals surface area contributed by atoms with Gasteiger partial charge in [0.15, 0.2) is 11.6 Å². The lowest BCUT2D eigenvalue weighted by molar-refractivity contribution is -0.143. The van der Waals surface area contributed by atoms with Gasteiger partial charge in [-0.25, -0.2) is 24.7 Å². The third-order valence-corrected chi connectivity index (χ3v) is 9.00. The van der Waals surface area contributed by atoms with E-state index in [1.807, 2.05) is 0 Å². The number of benzene rings is 2. The number of pyridine rings is 1. The molecule has 16 heteroatoms. The van der Waals surface area contributed by atoms with Crippen molar-refractivity contribution in [2.24, 2.45) is 28.5 Å². The number of hydrazone groups is 1. The molecule has 48 heavy (non-hydrogen) atoms. The van der Waals surface area contributed by atoms with Crippen molar-refractivity contribution in [3.05, 3.63) is 70.3 Å². The first-order chi connectivity index (χ1) is 22.5. The van der Waals surface area contributed by atoms with Crippen molar-refractivity contribution in [2.45, 2.75) is 70.0 Å². The highest BCUT2D eigenvalue weighted by Gasteiger charge is 2.38. The summed E-state index contributed by atoms with van der Waals surface area (Å²) >= 11 is 0. The summed E-state index contributed by atoms with van der Waals surface area (Å²) in [5.74, 6) is 3.71. The SMILES string of the molecule is CN(N)/N=C(\N)N(Cc1cc(C(F)(F)F)cc(C(F)(F)F)c1)Cc1cc2cc(F)c(F)cc2nc1N1CCC[C@@H]1C1CCC(C=O)CC1. The van der Waals surface area contributed by atoms with Gasteiger partial charge in [0.1, 0.15) is 12.1 Å². The van der Waals surface area contributed by atoms with Crippen LogP contribution in [0.3, 0.4) is 0 Å². The largest absolute Gasteiger partial charge is 0.416 e. The van der Waals surface area contributed by atoms with Crippen molar-refractivity contribution in [1.82, 2.24) is 15.0 Å². The first kappa shape index (κ1) is 35.1. The van der Waals surface area contributed by atoms with Crippen molar-refractivity contribution in [3.8, 4) is 0 Å². The Balaban J connectivity index is 1.60. The fraction of sp³-hybridized carbons (Fsp3) is 0.469. The van der Waals surface area contributed by atoms with Crippen LogP contribution in [0.5, 0.6) is 0 Å². The monoisotopic (exact) mass is 685 g/mol. The van der Waals surface area contributed by atoms with Crippen LogP contribution >= 0.6 is 0 Å². The number of alkyl halides is 6. The van der Waals surface area contributed by atoms with Crippen LogP contribution in [-0.4, -0.2) is 46.9 Å². The van der Waals surface area contributed by atoms with E-state index in [4.69, 9.17) is 16.6 Å². The zero-order valence-corrected chi connectivity index (χ0v) is 26.0. The summed E-state index contributed by atoms with van der Waals surface area (Å²) in [5, 5.41) is 5.00. The number of guanidine groups is 1. The maximum absolute atomic E-state index is 14.3. The van der Waals surface area contributed by atoms with Gasteiger partial charge < -0.3 is 20.3 Å². The van der Waals surface area contributed by atoms with E-state index in [0.29, 0.717) is 30.1 Å². The first-order valence-electron chi connectivity index (χ1n) is 15.4. The van der Waals surface area contributed by atoms with Crippen LogP contribution in [0.1, 0.15) is 60.8 Å². The van der Waals surface area contributed by atoms with Gasteiger partial charge in [0.2, 0.25) is 5.96 Å². The number of hydrogen-bond donors (Lipinski definition) is 2. The Morgan fingerprint density at radius 1 is 0.938 bits per heavy atom. The molecule has 3 aromatic rings. The number of carbonyl (C=O) groups excluding carboxylic acids is 1. The van der Waals surface area contributed by atoms with Gasteiger partial charge in [0.05, 0.1) is 16.6 Å². The molecule has 4 N–H and O–H groups in total. The van der Waals surface area contributed by atoms with E-state index in [1.165, 1.54) is 11.9 Å². The molecule has 260 valence electrons. The Kier molecular flexibility index (Phi) is 10.0. The summed E-state index contributed by atoms with van der Waals surface area (Å²) < 4.78 is 111. The molecular formula is C32H35F8N7O. The van der Waals surface area contributed by atoms with E-state index in [2.05, 4.69) is 10.0 Å². The molecule has 0 spiro atoms. The molecular weight excluding hydrogens is 650 g/mol. The number of aldehydes is 1. The summed E-state index contributed by atoms with van der Waals surface area (Å²) in [7, 11) is 1.32. The van der Waals surface area contributed by atoms with Gasteiger partial charge in [-0.1, -0.05) is 0 Å². The molecule has 2 aromatic carbocycles. The Hall–Kier alpha value is -4.21. The predicted molar refractivity (Wildman–Crippen MR) is 163 cm³/mol. The van der Waals surface area contributed by atoms with Crippen LogP contribution in [0.25, 0.3) is 10.9 Å². The molecule has 8 nitrogen and oxygen atoms in total. The van der Waals surface area contributed by atoms with Crippen LogP contribution in [0, 0.1) is 23.5 Å². The Labute approximate surface area is 271 Å². The quantitative estimate of drug-likeness (QED) is 0.0692. The Morgan fingerprint density at radius 3 is 2.15 bits per heavy atom. The second kappa shape index (κ2) is 13.7. The van der Waals surface area contributed by atoms with Crippen LogP contribution in [0.15, 0.2) is 41.5 Å². The van der Waals surface area contributed by atoms with Crippen LogP contribution in [0.2, 0.25) is 0 Å². The highest BCUT2D eigenvalue weighted by atomic mass is 19.4. The summed E-state index contributed by atoms with van der Waals surface area (Å²) in [6, 6.07) is 4.73. The summed E-state index contributed by atoms with van der Waals surface area (Å²) in [5.41, 5.74) is 3.45. The zero-order chi connectivity index (χ0) is 35.0. The number of aromatic nitrogens is 1. The fourth-order valence-electron chi connectivity index (χ4n) is 6.76. The minimum Gasteiger partial charge on any atom is -0.368 e. The van der Waals surface area contributed by atoms with E-state index in [0.717, 1.165) is 62.1 Å². The zero-order valence-electron chi connectivity index (χ0n) is 26.0. The van der Waals surface area contributed by atoms with Gasteiger partial charge in [0, 0.05) is 55.7 Å². The molecule has 1 atom stereocenters.